The highest BCUT2D eigenvalue weighted by Gasteiger charge is 2.13. The molecule has 8 heteroatoms. The van der Waals surface area contributed by atoms with Crippen LogP contribution in [-0.2, 0) is 16.1 Å². The summed E-state index contributed by atoms with van der Waals surface area (Å²) in [5.74, 6) is -0.0835. The van der Waals surface area contributed by atoms with Crippen molar-refractivity contribution >= 4 is 17.3 Å². The molecule has 0 aliphatic heterocycles. The predicted octanol–water partition coefficient (Wildman–Crippen LogP) is 0.523. The largest absolute Gasteiger partial charge is 0.379 e. The molecule has 2 aromatic heterocycles. The number of methoxy groups -OCH3 is 1. The van der Waals surface area contributed by atoms with Crippen molar-refractivity contribution in [1.82, 2.24) is 20.4 Å². The van der Waals surface area contributed by atoms with Crippen LogP contribution in [-0.4, -0.2) is 33.4 Å². The minimum absolute atomic E-state index is 0.396. The van der Waals surface area contributed by atoms with Gasteiger partial charge in [-0.3, -0.25) is 0 Å². The van der Waals surface area contributed by atoms with E-state index in [1.807, 2.05) is 12.1 Å². The van der Waals surface area contributed by atoms with Crippen LogP contribution in [0.3, 0.4) is 0 Å². The molecular formula is C9H10N4O3S. The van der Waals surface area contributed by atoms with Crippen molar-refractivity contribution in [3.8, 4) is 10.7 Å². The number of aromatic nitrogens is 4. The van der Waals surface area contributed by atoms with Crippen molar-refractivity contribution in [3.63, 3.8) is 0 Å². The van der Waals surface area contributed by atoms with E-state index in [2.05, 4.69) is 15.5 Å². The SMILES string of the molecule is COCc1ccc(-c2nnnn2OC(C)=O)s1. The van der Waals surface area contributed by atoms with E-state index in [1.54, 1.807) is 7.11 Å². The van der Waals surface area contributed by atoms with Gasteiger partial charge < -0.3 is 9.57 Å². The molecule has 0 fully saturated rings. The van der Waals surface area contributed by atoms with Crippen LogP contribution in [0.4, 0.5) is 0 Å². The summed E-state index contributed by atoms with van der Waals surface area (Å²) in [6.45, 7) is 1.82. The van der Waals surface area contributed by atoms with Gasteiger partial charge in [0.1, 0.15) is 0 Å². The Kier molecular flexibility index (Phi) is 3.45. The van der Waals surface area contributed by atoms with Crippen molar-refractivity contribution in [2.45, 2.75) is 13.5 Å². The van der Waals surface area contributed by atoms with Gasteiger partial charge in [0.2, 0.25) is 5.82 Å². The fraction of sp³-hybridized carbons (Fsp3) is 0.333. The minimum atomic E-state index is -0.479. The summed E-state index contributed by atoms with van der Waals surface area (Å²) in [4.78, 5) is 18.5. The Morgan fingerprint density at radius 2 is 2.35 bits per heavy atom. The molecule has 2 heterocycles. The normalized spacial score (nSPS) is 10.5. The van der Waals surface area contributed by atoms with Crippen molar-refractivity contribution in [3.05, 3.63) is 17.0 Å². The molecular weight excluding hydrogens is 244 g/mol. The van der Waals surface area contributed by atoms with Crippen molar-refractivity contribution in [2.24, 2.45) is 0 Å². The molecule has 7 nitrogen and oxygen atoms in total. The smallest absolute Gasteiger partial charge is 0.332 e. The zero-order valence-electron chi connectivity index (χ0n) is 9.28. The number of nitrogens with zero attached hydrogens (tertiary/aromatic N) is 4. The monoisotopic (exact) mass is 254 g/mol. The summed E-state index contributed by atoms with van der Waals surface area (Å²) in [7, 11) is 1.63. The van der Waals surface area contributed by atoms with Gasteiger partial charge in [0.25, 0.3) is 0 Å². The second-order valence-corrected chi connectivity index (χ2v) is 4.33. The number of carbonyl (C=O) groups is 1. The third-order valence-electron chi connectivity index (χ3n) is 1.83. The zero-order valence-corrected chi connectivity index (χ0v) is 10.1. The Morgan fingerprint density at radius 3 is 3.06 bits per heavy atom. The molecule has 0 saturated heterocycles. The van der Waals surface area contributed by atoms with Crippen LogP contribution in [0, 0.1) is 0 Å². The summed E-state index contributed by atoms with van der Waals surface area (Å²) in [5.41, 5.74) is 0. The highest BCUT2D eigenvalue weighted by Crippen LogP contribution is 2.25. The maximum absolute atomic E-state index is 10.8. The maximum atomic E-state index is 10.8. The fourth-order valence-corrected chi connectivity index (χ4v) is 2.17. The molecule has 0 aromatic carbocycles. The van der Waals surface area contributed by atoms with E-state index < -0.39 is 5.97 Å². The highest BCUT2D eigenvalue weighted by atomic mass is 32.1. The fourth-order valence-electron chi connectivity index (χ4n) is 1.22. The summed E-state index contributed by atoms with van der Waals surface area (Å²) < 4.78 is 5.02. The van der Waals surface area contributed by atoms with Gasteiger partial charge in [0.05, 0.1) is 11.5 Å². The first-order valence-electron chi connectivity index (χ1n) is 4.76. The maximum Gasteiger partial charge on any atom is 0.332 e. The van der Waals surface area contributed by atoms with E-state index in [1.165, 1.54) is 18.3 Å². The zero-order chi connectivity index (χ0) is 12.3. The van der Waals surface area contributed by atoms with Crippen molar-refractivity contribution < 1.29 is 14.4 Å². The third kappa shape index (κ3) is 2.66. The topological polar surface area (TPSA) is 79.1 Å². The molecule has 0 spiro atoms. The molecule has 17 heavy (non-hydrogen) atoms. The van der Waals surface area contributed by atoms with E-state index in [-0.39, 0.29) is 0 Å². The first-order valence-corrected chi connectivity index (χ1v) is 5.57. The minimum Gasteiger partial charge on any atom is -0.379 e. The molecule has 0 bridgehead atoms. The lowest BCUT2D eigenvalue weighted by Crippen LogP contribution is -2.18. The van der Waals surface area contributed by atoms with Crippen LogP contribution < -0.4 is 4.84 Å². The van der Waals surface area contributed by atoms with Gasteiger partial charge in [-0.05, 0) is 27.4 Å². The second kappa shape index (κ2) is 5.02. The van der Waals surface area contributed by atoms with E-state index >= 15 is 0 Å². The van der Waals surface area contributed by atoms with Gasteiger partial charge in [0.15, 0.2) is 0 Å². The van der Waals surface area contributed by atoms with Crippen LogP contribution in [0.5, 0.6) is 0 Å². The number of carbonyl (C=O) groups excluding carboxylic acids is 1. The summed E-state index contributed by atoms with van der Waals surface area (Å²) in [5, 5.41) is 10.9. The quantitative estimate of drug-likeness (QED) is 0.740. The number of rotatable bonds is 4. The molecule has 0 aliphatic carbocycles. The van der Waals surface area contributed by atoms with E-state index in [0.717, 1.165) is 14.6 Å². The number of hydrogen-bond donors (Lipinski definition) is 0. The number of ether oxygens (including phenoxy) is 1. The molecule has 0 atom stereocenters. The van der Waals surface area contributed by atoms with Gasteiger partial charge in [-0.1, -0.05) is 0 Å². The van der Waals surface area contributed by atoms with E-state index in [4.69, 9.17) is 9.57 Å². The van der Waals surface area contributed by atoms with Gasteiger partial charge in [-0.15, -0.1) is 16.4 Å². The van der Waals surface area contributed by atoms with Crippen LogP contribution in [0.1, 0.15) is 11.8 Å². The summed E-state index contributed by atoms with van der Waals surface area (Å²) >= 11 is 1.48. The third-order valence-corrected chi connectivity index (χ3v) is 2.88. The van der Waals surface area contributed by atoms with E-state index in [0.29, 0.717) is 12.4 Å². The highest BCUT2D eigenvalue weighted by molar-refractivity contribution is 7.15. The average Bonchev–Trinajstić information content (AvgIpc) is 2.86. The molecule has 90 valence electrons. The lowest BCUT2D eigenvalue weighted by molar-refractivity contribution is -0.143. The van der Waals surface area contributed by atoms with Crippen LogP contribution in [0.25, 0.3) is 10.7 Å². The first kappa shape index (κ1) is 11.7. The van der Waals surface area contributed by atoms with Crippen LogP contribution in [0.15, 0.2) is 12.1 Å². The van der Waals surface area contributed by atoms with Gasteiger partial charge in [0, 0.05) is 18.9 Å². The van der Waals surface area contributed by atoms with Crippen LogP contribution in [0.2, 0.25) is 0 Å². The Hall–Kier alpha value is -1.80. The molecule has 0 aliphatic rings. The average molecular weight is 254 g/mol. The Morgan fingerprint density at radius 1 is 1.53 bits per heavy atom. The van der Waals surface area contributed by atoms with Gasteiger partial charge >= 0.3 is 5.97 Å². The van der Waals surface area contributed by atoms with Crippen molar-refractivity contribution in [1.29, 1.82) is 0 Å². The first-order chi connectivity index (χ1) is 8.20. The summed E-state index contributed by atoms with van der Waals surface area (Å²) in [6.07, 6.45) is 0. The molecule has 0 unspecified atom stereocenters. The molecule has 2 aromatic rings. The van der Waals surface area contributed by atoms with Gasteiger partial charge in [-0.25, -0.2) is 4.79 Å². The second-order valence-electron chi connectivity index (χ2n) is 3.16. The molecule has 0 amide bonds. The molecule has 2 rings (SSSR count). The summed E-state index contributed by atoms with van der Waals surface area (Å²) in [6, 6.07) is 3.76. The number of thiophene rings is 1. The number of hydrogen-bond acceptors (Lipinski definition) is 7. The Labute approximate surface area is 101 Å². The predicted molar refractivity (Wildman–Crippen MR) is 59.1 cm³/mol. The number of tetrazole rings is 1. The lowest BCUT2D eigenvalue weighted by atomic mass is 10.4. The van der Waals surface area contributed by atoms with Crippen LogP contribution >= 0.6 is 11.3 Å². The Bertz CT molecular complexity index is 522. The molecule has 0 N–H and O–H groups in total. The Balaban J connectivity index is 2.26. The molecule has 0 saturated carbocycles. The standard InChI is InChI=1S/C9H10N4O3S/c1-6(14)16-13-9(10-11-12-13)8-4-3-7(17-8)5-15-2/h3-4H,5H2,1-2H3. The lowest BCUT2D eigenvalue weighted by Gasteiger charge is -1.99. The van der Waals surface area contributed by atoms with Crippen molar-refractivity contribution in [2.75, 3.05) is 7.11 Å². The molecule has 0 radical (unpaired) electrons. The van der Waals surface area contributed by atoms with E-state index in [9.17, 15) is 4.79 Å². The van der Waals surface area contributed by atoms with Gasteiger partial charge in [-0.2, -0.15) is 0 Å².